The molecule has 2 aliphatic rings. The van der Waals surface area contributed by atoms with Crippen molar-refractivity contribution in [2.75, 3.05) is 13.7 Å². The number of aromatic nitrogens is 2. The number of halogens is 2. The quantitative estimate of drug-likeness (QED) is 0.181. The van der Waals surface area contributed by atoms with E-state index in [2.05, 4.69) is 16.7 Å². The second-order valence-corrected chi connectivity index (χ2v) is 12.0. The van der Waals surface area contributed by atoms with Gasteiger partial charge in [0.15, 0.2) is 11.5 Å². The average molecular weight is 605 g/mol. The highest BCUT2D eigenvalue weighted by atomic mass is 35.5. The molecule has 5 aromatic rings. The van der Waals surface area contributed by atoms with Crippen LogP contribution >= 0.6 is 22.9 Å². The molecule has 0 saturated carbocycles. The zero-order chi connectivity index (χ0) is 29.0. The Balaban J connectivity index is 1.16. The molecule has 7 rings (SSSR count). The molecular weight excluding hydrogens is 579 g/mol. The van der Waals surface area contributed by atoms with Gasteiger partial charge in [0.25, 0.3) is 5.79 Å². The van der Waals surface area contributed by atoms with Gasteiger partial charge in [-0.3, -0.25) is 0 Å². The normalized spacial score (nSPS) is 19.2. The molecule has 10 heteroatoms. The van der Waals surface area contributed by atoms with Crippen LogP contribution in [0.2, 0.25) is 5.02 Å². The van der Waals surface area contributed by atoms with E-state index in [0.29, 0.717) is 34.4 Å². The predicted molar refractivity (Wildman–Crippen MR) is 158 cm³/mol. The summed E-state index contributed by atoms with van der Waals surface area (Å²) in [5, 5.41) is 0.306. The first-order valence-corrected chi connectivity index (χ1v) is 14.8. The Bertz CT molecular complexity index is 1830. The monoisotopic (exact) mass is 604 g/mol. The lowest BCUT2D eigenvalue weighted by Gasteiger charge is -2.27. The number of para-hydroxylation sites is 1. The van der Waals surface area contributed by atoms with E-state index in [1.807, 2.05) is 36.4 Å². The van der Waals surface area contributed by atoms with E-state index in [0.717, 1.165) is 45.9 Å². The van der Waals surface area contributed by atoms with Crippen LogP contribution in [0, 0.1) is 5.82 Å². The lowest BCUT2D eigenvalue weighted by molar-refractivity contribution is -0.0705. The van der Waals surface area contributed by atoms with E-state index in [4.69, 9.17) is 35.5 Å². The third kappa shape index (κ3) is 4.71. The molecule has 3 aromatic carbocycles. The maximum absolute atomic E-state index is 14.8. The molecule has 0 spiro atoms. The second-order valence-electron chi connectivity index (χ2n) is 10.5. The van der Waals surface area contributed by atoms with Crippen molar-refractivity contribution in [2.45, 2.75) is 38.2 Å². The van der Waals surface area contributed by atoms with Crippen LogP contribution in [0.25, 0.3) is 21.5 Å². The van der Waals surface area contributed by atoms with Gasteiger partial charge >= 0.3 is 5.97 Å². The van der Waals surface area contributed by atoms with Crippen LogP contribution in [0.3, 0.4) is 0 Å². The molecule has 7 nitrogen and oxygen atoms in total. The summed E-state index contributed by atoms with van der Waals surface area (Å²) < 4.78 is 39.9. The Morgan fingerprint density at radius 2 is 1.98 bits per heavy atom. The molecule has 0 N–H and O–H groups in total. The van der Waals surface area contributed by atoms with Crippen LogP contribution in [0.15, 0.2) is 66.7 Å². The number of carbonyl (C=O) groups excluding carboxylic acids is 1. The van der Waals surface area contributed by atoms with E-state index >= 15 is 0 Å². The van der Waals surface area contributed by atoms with Crippen molar-refractivity contribution in [3.63, 3.8) is 0 Å². The fourth-order valence-electron chi connectivity index (χ4n) is 5.44. The first kappa shape index (κ1) is 26.9. The Labute approximate surface area is 250 Å². The molecule has 0 bridgehead atoms. The highest BCUT2D eigenvalue weighted by Gasteiger charge is 2.42. The van der Waals surface area contributed by atoms with E-state index in [9.17, 15) is 9.18 Å². The van der Waals surface area contributed by atoms with E-state index in [1.54, 1.807) is 19.1 Å². The van der Waals surface area contributed by atoms with Crippen molar-refractivity contribution >= 4 is 39.3 Å². The largest absolute Gasteiger partial charge is 0.465 e. The summed E-state index contributed by atoms with van der Waals surface area (Å²) in [4.78, 5) is 18.3. The molecule has 42 heavy (non-hydrogen) atoms. The number of hydrogen-bond donors (Lipinski definition) is 0. The van der Waals surface area contributed by atoms with Gasteiger partial charge in [-0.25, -0.2) is 14.2 Å². The van der Waals surface area contributed by atoms with Gasteiger partial charge in [0, 0.05) is 30.5 Å². The van der Waals surface area contributed by atoms with Gasteiger partial charge in [0.2, 0.25) is 0 Å². The summed E-state index contributed by atoms with van der Waals surface area (Å²) in [6.07, 6.45) is 1.75. The molecule has 1 saturated heterocycles. The van der Waals surface area contributed by atoms with Crippen molar-refractivity contribution in [1.82, 2.24) is 9.55 Å². The Morgan fingerprint density at radius 3 is 2.69 bits per heavy atom. The SMILES string of the molecule is COC(=O)c1cc2c(nc(Cc3ccc(-c4cccc5c4OC(C)(c4ccc(Cl)cc4F)O5)cc3)n2C[C@@H]2CCO2)s1. The minimum Gasteiger partial charge on any atom is -0.465 e. The summed E-state index contributed by atoms with van der Waals surface area (Å²) in [7, 11) is 1.38. The van der Waals surface area contributed by atoms with Gasteiger partial charge < -0.3 is 23.5 Å². The van der Waals surface area contributed by atoms with Crippen LogP contribution in [0.4, 0.5) is 4.39 Å². The molecule has 1 unspecified atom stereocenters. The molecule has 2 aromatic heterocycles. The van der Waals surface area contributed by atoms with Gasteiger partial charge in [0.1, 0.15) is 21.3 Å². The number of nitrogens with zero attached hydrogens (tertiary/aromatic N) is 2. The zero-order valence-corrected chi connectivity index (χ0v) is 24.4. The van der Waals surface area contributed by atoms with Gasteiger partial charge in [-0.05, 0) is 47.9 Å². The number of thiophene rings is 1. The van der Waals surface area contributed by atoms with Gasteiger partial charge in [-0.2, -0.15) is 0 Å². The predicted octanol–water partition coefficient (Wildman–Crippen LogP) is 7.37. The van der Waals surface area contributed by atoms with E-state index in [-0.39, 0.29) is 17.6 Å². The topological polar surface area (TPSA) is 71.8 Å². The number of benzene rings is 3. The summed E-state index contributed by atoms with van der Waals surface area (Å²) in [5.41, 5.74) is 4.05. The highest BCUT2D eigenvalue weighted by Crippen LogP contribution is 2.49. The summed E-state index contributed by atoms with van der Waals surface area (Å²) in [5.74, 6) is -0.169. The van der Waals surface area contributed by atoms with E-state index < -0.39 is 11.6 Å². The smallest absolute Gasteiger partial charge is 0.348 e. The fraction of sp³-hybridized carbons (Fsp3) is 0.250. The molecular formula is C32H26ClFN2O5S. The highest BCUT2D eigenvalue weighted by molar-refractivity contribution is 7.20. The minimum absolute atomic E-state index is 0.138. The van der Waals surface area contributed by atoms with E-state index in [1.165, 1.54) is 24.5 Å². The molecule has 4 heterocycles. The number of fused-ring (bicyclic) bond motifs is 2. The number of ether oxygens (including phenoxy) is 4. The number of imidazole rings is 1. The molecule has 2 atom stereocenters. The third-order valence-electron chi connectivity index (χ3n) is 7.72. The van der Waals surface area contributed by atoms with Crippen LogP contribution in [0.5, 0.6) is 11.5 Å². The minimum atomic E-state index is -1.32. The van der Waals surface area contributed by atoms with Crippen molar-refractivity contribution in [2.24, 2.45) is 0 Å². The lowest BCUT2D eigenvalue weighted by Crippen LogP contribution is -2.32. The summed E-state index contributed by atoms with van der Waals surface area (Å²) in [6, 6.07) is 20.2. The first-order chi connectivity index (χ1) is 20.3. The number of esters is 1. The maximum atomic E-state index is 14.8. The number of hydrogen-bond acceptors (Lipinski definition) is 7. The van der Waals surface area contributed by atoms with Crippen molar-refractivity contribution in [1.29, 1.82) is 0 Å². The fourth-order valence-corrected chi connectivity index (χ4v) is 6.57. The molecule has 2 aliphatic heterocycles. The molecule has 0 radical (unpaired) electrons. The maximum Gasteiger partial charge on any atom is 0.348 e. The molecule has 0 amide bonds. The van der Waals surface area contributed by atoms with Crippen LogP contribution in [-0.2, 0) is 28.2 Å². The van der Waals surface area contributed by atoms with Crippen molar-refractivity contribution in [3.8, 4) is 22.6 Å². The summed E-state index contributed by atoms with van der Waals surface area (Å²) in [6.45, 7) is 3.14. The Kier molecular flexibility index (Phi) is 6.68. The molecule has 0 aliphatic carbocycles. The van der Waals surface area contributed by atoms with Gasteiger partial charge in [-0.1, -0.05) is 48.0 Å². The number of methoxy groups -OCH3 is 1. The van der Waals surface area contributed by atoms with Gasteiger partial charge in [0.05, 0.1) is 30.8 Å². The molecule has 214 valence electrons. The molecule has 1 fully saturated rings. The third-order valence-corrected chi connectivity index (χ3v) is 8.95. The Hall–Kier alpha value is -3.92. The van der Waals surface area contributed by atoms with Crippen LogP contribution in [-0.4, -0.2) is 35.3 Å². The first-order valence-electron chi connectivity index (χ1n) is 13.6. The van der Waals surface area contributed by atoms with Crippen molar-refractivity contribution in [3.05, 3.63) is 99.4 Å². The van der Waals surface area contributed by atoms with Crippen LogP contribution < -0.4 is 9.47 Å². The van der Waals surface area contributed by atoms with Crippen molar-refractivity contribution < 1.29 is 28.1 Å². The standard InChI is InChI=1S/C32H26ClFN2O5S/c1-32(23-11-10-20(33)15-24(23)34)40-26-5-3-4-22(29(26)41-32)19-8-6-18(7-9-19)14-28-35-30-25(16-27(42-30)31(37)38-2)36(28)17-21-12-13-39-21/h3-11,15-16,21H,12-14,17H2,1-2H3/t21-,32?/m0/s1. The van der Waals surface area contributed by atoms with Crippen LogP contribution in [0.1, 0.15) is 40.0 Å². The zero-order valence-electron chi connectivity index (χ0n) is 22.9. The Morgan fingerprint density at radius 1 is 1.17 bits per heavy atom. The number of carbonyl (C=O) groups is 1. The second kappa shape index (κ2) is 10.4. The summed E-state index contributed by atoms with van der Waals surface area (Å²) >= 11 is 7.29. The van der Waals surface area contributed by atoms with Gasteiger partial charge in [-0.15, -0.1) is 11.3 Å². The lowest BCUT2D eigenvalue weighted by atomic mass is 10.0. The number of rotatable bonds is 7. The average Bonchev–Trinajstić information content (AvgIpc) is 3.61.